The molecular formula is C19H15F3INO6S. The molecule has 0 unspecified atom stereocenters. The normalized spacial score (nSPS) is 14.8. The van der Waals surface area contributed by atoms with Crippen LogP contribution in [0.2, 0.25) is 0 Å². The van der Waals surface area contributed by atoms with Crippen LogP contribution in [0.5, 0.6) is 5.75 Å². The summed E-state index contributed by atoms with van der Waals surface area (Å²) >= 11 is -3.54. The minimum absolute atomic E-state index is 0.0244. The van der Waals surface area contributed by atoms with E-state index in [0.717, 1.165) is 17.1 Å². The Bertz CT molecular complexity index is 1100. The Labute approximate surface area is 183 Å². The molecule has 1 aliphatic rings. The van der Waals surface area contributed by atoms with Crippen molar-refractivity contribution in [2.24, 2.45) is 0 Å². The van der Waals surface area contributed by atoms with Crippen LogP contribution in [0.3, 0.4) is 0 Å². The number of halogens is 4. The second kappa shape index (κ2) is 8.96. The van der Waals surface area contributed by atoms with Crippen LogP contribution in [0.1, 0.15) is 5.56 Å². The van der Waals surface area contributed by atoms with Crippen LogP contribution in [0.4, 0.5) is 13.2 Å². The number of amides is 2. The third kappa shape index (κ3) is 5.25. The Morgan fingerprint density at radius 1 is 0.903 bits per heavy atom. The summed E-state index contributed by atoms with van der Waals surface area (Å²) in [5, 5.41) is 0. The van der Waals surface area contributed by atoms with E-state index in [1.807, 2.05) is 0 Å². The summed E-state index contributed by atoms with van der Waals surface area (Å²) in [7, 11) is -4.40. The molecule has 3 rings (SSSR count). The molecule has 0 radical (unpaired) electrons. The quantitative estimate of drug-likeness (QED) is 0.289. The summed E-state index contributed by atoms with van der Waals surface area (Å²) in [6.45, 7) is -0.0244. The van der Waals surface area contributed by atoms with Crippen LogP contribution >= 0.6 is 20.2 Å². The predicted molar refractivity (Wildman–Crippen MR) is 112 cm³/mol. The average molecular weight is 569 g/mol. The van der Waals surface area contributed by atoms with Gasteiger partial charge in [0.1, 0.15) is 0 Å². The molecule has 2 aromatic rings. The van der Waals surface area contributed by atoms with Crippen molar-refractivity contribution < 1.29 is 38.4 Å². The van der Waals surface area contributed by atoms with Crippen LogP contribution in [-0.2, 0) is 28.8 Å². The monoisotopic (exact) mass is 569 g/mol. The first-order chi connectivity index (χ1) is 14.5. The number of benzene rings is 2. The summed E-state index contributed by atoms with van der Waals surface area (Å²) in [5.41, 5.74) is -5.02. The molecule has 1 aliphatic heterocycles. The van der Waals surface area contributed by atoms with E-state index < -0.39 is 47.7 Å². The molecule has 2 aromatic carbocycles. The molecule has 0 bridgehead atoms. The number of imide groups is 1. The van der Waals surface area contributed by atoms with Crippen LogP contribution in [0, 0.1) is 7.14 Å². The van der Waals surface area contributed by atoms with Gasteiger partial charge in [-0.2, -0.15) is 0 Å². The van der Waals surface area contributed by atoms with E-state index in [1.54, 1.807) is 0 Å². The number of hydrogen-bond acceptors (Lipinski definition) is 6. The van der Waals surface area contributed by atoms with Gasteiger partial charge in [-0.15, -0.1) is 0 Å². The topological polar surface area (TPSA) is 90.0 Å². The van der Waals surface area contributed by atoms with E-state index in [1.165, 1.54) is 55.6 Å². The molecule has 0 N–H and O–H groups in total. The maximum absolute atomic E-state index is 12.9. The Morgan fingerprint density at radius 2 is 1.39 bits per heavy atom. The summed E-state index contributed by atoms with van der Waals surface area (Å²) in [6, 6.07) is 11.8. The zero-order valence-electron chi connectivity index (χ0n) is 15.8. The third-order valence-corrected chi connectivity index (χ3v) is 11.1. The van der Waals surface area contributed by atoms with E-state index in [0.29, 0.717) is 14.9 Å². The standard InChI is InChI=1S/C19H15F3INO6S/c1-29-16-8-6-15(7-9-16)23(30-31(27,28)19(20,21)22)14-4-2-13(3-5-14)12-24-17(25)10-11-18(24)26/h2-11H,12H2,1H3. The second-order valence-electron chi connectivity index (χ2n) is 6.09. The Morgan fingerprint density at radius 3 is 1.84 bits per heavy atom. The van der Waals surface area contributed by atoms with Crippen LogP contribution in [0.15, 0.2) is 60.7 Å². The van der Waals surface area contributed by atoms with Gasteiger partial charge >= 0.3 is 184 Å². The van der Waals surface area contributed by atoms with Gasteiger partial charge in [-0.3, -0.25) is 0 Å². The number of hydrogen-bond donors (Lipinski definition) is 0. The fourth-order valence-corrected chi connectivity index (χ4v) is 8.88. The SMILES string of the molecule is COc1ccc(I(OS(=O)(=O)C(F)(F)F)c2ccc(CN3C(=O)C=CC3=O)cc2)cc1. The van der Waals surface area contributed by atoms with Crippen LogP contribution < -0.4 is 4.74 Å². The Balaban J connectivity index is 1.91. The maximum atomic E-state index is 12.9. The van der Waals surface area contributed by atoms with E-state index in [4.69, 9.17) is 4.74 Å². The zero-order valence-corrected chi connectivity index (χ0v) is 18.8. The molecule has 12 heteroatoms. The molecule has 0 fully saturated rings. The van der Waals surface area contributed by atoms with Crippen molar-refractivity contribution in [3.05, 3.63) is 73.4 Å². The molecule has 2 amide bonds. The fourth-order valence-electron chi connectivity index (χ4n) is 2.48. The number of rotatable bonds is 7. The van der Waals surface area contributed by atoms with Crippen molar-refractivity contribution in [1.82, 2.24) is 4.90 Å². The zero-order chi connectivity index (χ0) is 22.8. The van der Waals surface area contributed by atoms with Gasteiger partial charge in [-0.25, -0.2) is 0 Å². The minimum atomic E-state index is -5.82. The number of nitrogens with zero attached hydrogens (tertiary/aromatic N) is 1. The molecule has 0 spiro atoms. The first kappa shape index (κ1) is 23.2. The molecule has 0 aromatic heterocycles. The van der Waals surface area contributed by atoms with E-state index >= 15 is 0 Å². The predicted octanol–water partition coefficient (Wildman–Crippen LogP) is 3.45. The van der Waals surface area contributed by atoms with Crippen molar-refractivity contribution >= 4 is 42.2 Å². The number of alkyl halides is 3. The fraction of sp³-hybridized carbons (Fsp3) is 0.158. The Hall–Kier alpha value is -2.45. The number of carbonyl (C=O) groups is 2. The van der Waals surface area contributed by atoms with Crippen molar-refractivity contribution in [3.8, 4) is 5.75 Å². The van der Waals surface area contributed by atoms with Crippen LogP contribution in [-0.4, -0.2) is 37.8 Å². The molecule has 1 heterocycles. The third-order valence-electron chi connectivity index (χ3n) is 4.03. The van der Waals surface area contributed by atoms with Gasteiger partial charge in [-0.1, -0.05) is 0 Å². The summed E-state index contributed by atoms with van der Waals surface area (Å²) in [4.78, 5) is 24.3. The molecule has 0 atom stereocenters. The number of carbonyl (C=O) groups excluding carboxylic acids is 2. The molecule has 166 valence electrons. The van der Waals surface area contributed by atoms with Gasteiger partial charge in [0.25, 0.3) is 0 Å². The van der Waals surface area contributed by atoms with Gasteiger partial charge in [0, 0.05) is 0 Å². The van der Waals surface area contributed by atoms with Gasteiger partial charge in [0.2, 0.25) is 0 Å². The molecule has 0 saturated carbocycles. The summed E-state index contributed by atoms with van der Waals surface area (Å²) in [5.74, 6) is -0.497. The number of ether oxygens (including phenoxy) is 1. The van der Waals surface area contributed by atoms with E-state index in [2.05, 4.69) is 2.51 Å². The van der Waals surface area contributed by atoms with Crippen molar-refractivity contribution in [1.29, 1.82) is 0 Å². The van der Waals surface area contributed by atoms with Crippen molar-refractivity contribution in [3.63, 3.8) is 0 Å². The molecule has 0 aliphatic carbocycles. The summed E-state index contributed by atoms with van der Waals surface area (Å²) in [6.07, 6.45) is 2.28. The van der Waals surface area contributed by atoms with Crippen LogP contribution in [0.25, 0.3) is 0 Å². The van der Waals surface area contributed by atoms with Crippen molar-refractivity contribution in [2.75, 3.05) is 7.11 Å². The number of methoxy groups -OCH3 is 1. The van der Waals surface area contributed by atoms with E-state index in [-0.39, 0.29) is 10.1 Å². The second-order valence-corrected chi connectivity index (χ2v) is 12.6. The Kier molecular flexibility index (Phi) is 6.71. The summed E-state index contributed by atoms with van der Waals surface area (Å²) < 4.78 is 72.4. The van der Waals surface area contributed by atoms with Gasteiger partial charge in [0.15, 0.2) is 0 Å². The first-order valence-corrected chi connectivity index (χ1v) is 12.9. The van der Waals surface area contributed by atoms with Crippen molar-refractivity contribution in [2.45, 2.75) is 12.1 Å². The van der Waals surface area contributed by atoms with Gasteiger partial charge in [-0.05, 0) is 0 Å². The molecule has 31 heavy (non-hydrogen) atoms. The van der Waals surface area contributed by atoms with Gasteiger partial charge in [0.05, 0.1) is 0 Å². The first-order valence-electron chi connectivity index (χ1n) is 8.49. The molecule has 0 saturated heterocycles. The average Bonchev–Trinajstić information content (AvgIpc) is 3.04. The molecular weight excluding hydrogens is 554 g/mol. The van der Waals surface area contributed by atoms with E-state index in [9.17, 15) is 31.2 Å². The van der Waals surface area contributed by atoms with Gasteiger partial charge < -0.3 is 0 Å². The molecule has 7 nitrogen and oxygen atoms in total.